The van der Waals surface area contributed by atoms with Gasteiger partial charge in [-0.2, -0.15) is 0 Å². The Morgan fingerprint density at radius 3 is 2.79 bits per heavy atom. The van der Waals surface area contributed by atoms with E-state index in [0.717, 1.165) is 31.9 Å². The molecule has 0 saturated carbocycles. The summed E-state index contributed by atoms with van der Waals surface area (Å²) in [5, 5.41) is 0. The van der Waals surface area contributed by atoms with Crippen molar-refractivity contribution in [3.05, 3.63) is 24.0 Å². The van der Waals surface area contributed by atoms with E-state index in [1.165, 1.54) is 5.69 Å². The highest BCUT2D eigenvalue weighted by molar-refractivity contribution is 5.45. The van der Waals surface area contributed by atoms with Crippen LogP contribution in [0.4, 0.5) is 5.69 Å². The second-order valence-corrected chi connectivity index (χ2v) is 5.80. The second kappa shape index (κ2) is 6.35. The van der Waals surface area contributed by atoms with Gasteiger partial charge in [0.05, 0.1) is 24.6 Å². The van der Waals surface area contributed by atoms with Crippen molar-refractivity contribution in [1.29, 1.82) is 0 Å². The fourth-order valence-corrected chi connectivity index (χ4v) is 2.40. The highest BCUT2D eigenvalue weighted by Gasteiger charge is 2.21. The number of hydrogen-bond donors (Lipinski definition) is 0. The first-order valence-electron chi connectivity index (χ1n) is 7.03. The lowest BCUT2D eigenvalue weighted by molar-refractivity contribution is 0.0247. The predicted molar refractivity (Wildman–Crippen MR) is 78.8 cm³/mol. The fraction of sp³-hybridized carbons (Fsp3) is 0.667. The fourth-order valence-electron chi connectivity index (χ4n) is 2.40. The van der Waals surface area contributed by atoms with Crippen molar-refractivity contribution >= 4 is 5.69 Å². The predicted octanol–water partition coefficient (Wildman–Crippen LogP) is 1.97. The van der Waals surface area contributed by atoms with Gasteiger partial charge in [-0.05, 0) is 32.1 Å². The van der Waals surface area contributed by atoms with E-state index in [2.05, 4.69) is 54.9 Å². The van der Waals surface area contributed by atoms with Gasteiger partial charge in [0.25, 0.3) is 0 Å². The average molecular weight is 263 g/mol. The van der Waals surface area contributed by atoms with Gasteiger partial charge in [0, 0.05) is 25.3 Å². The van der Waals surface area contributed by atoms with Gasteiger partial charge < -0.3 is 14.5 Å². The van der Waals surface area contributed by atoms with E-state index in [4.69, 9.17) is 4.74 Å². The van der Waals surface area contributed by atoms with Crippen LogP contribution in [-0.2, 0) is 4.74 Å². The van der Waals surface area contributed by atoms with Crippen LogP contribution in [0.3, 0.4) is 0 Å². The molecule has 1 aromatic rings. The van der Waals surface area contributed by atoms with Crippen molar-refractivity contribution in [2.45, 2.75) is 25.9 Å². The summed E-state index contributed by atoms with van der Waals surface area (Å²) in [6.07, 6.45) is 2.28. The van der Waals surface area contributed by atoms with E-state index in [1.54, 1.807) is 0 Å². The number of anilines is 1. The first-order valence-corrected chi connectivity index (χ1v) is 7.03. The number of rotatable bonds is 4. The summed E-state index contributed by atoms with van der Waals surface area (Å²) in [7, 11) is 4.17. The van der Waals surface area contributed by atoms with Gasteiger partial charge in [-0.15, -0.1) is 0 Å². The Morgan fingerprint density at radius 2 is 2.21 bits per heavy atom. The Hall–Kier alpha value is -1.13. The molecule has 19 heavy (non-hydrogen) atoms. The smallest absolute Gasteiger partial charge is 0.0877 e. The van der Waals surface area contributed by atoms with Crippen LogP contribution in [-0.4, -0.2) is 56.3 Å². The number of likely N-dealkylation sites (N-methyl/N-ethyl adjacent to an activating group) is 1. The summed E-state index contributed by atoms with van der Waals surface area (Å²) < 4.78 is 5.80. The number of aromatic nitrogens is 1. The highest BCUT2D eigenvalue weighted by atomic mass is 16.5. The first-order chi connectivity index (χ1) is 9.06. The van der Waals surface area contributed by atoms with Crippen LogP contribution in [0.5, 0.6) is 0 Å². The lowest BCUT2D eigenvalue weighted by Gasteiger charge is -2.35. The van der Waals surface area contributed by atoms with Gasteiger partial charge in [0.2, 0.25) is 0 Å². The molecule has 4 heteroatoms. The standard InChI is InChI=1S/C15H25N3O/c1-12(2)15-6-5-13(9-16-15)18-7-8-19-14(11-18)10-17(3)4/h5-6,9,12,14H,7-8,10-11H2,1-4H3/t14-/m1/s1. The third-order valence-corrected chi connectivity index (χ3v) is 3.43. The maximum Gasteiger partial charge on any atom is 0.0877 e. The van der Waals surface area contributed by atoms with Crippen molar-refractivity contribution in [3.8, 4) is 0 Å². The summed E-state index contributed by atoms with van der Waals surface area (Å²) in [6.45, 7) is 8.00. The molecule has 0 spiro atoms. The summed E-state index contributed by atoms with van der Waals surface area (Å²) in [5.41, 5.74) is 2.36. The minimum absolute atomic E-state index is 0.286. The van der Waals surface area contributed by atoms with E-state index in [9.17, 15) is 0 Å². The number of hydrogen-bond acceptors (Lipinski definition) is 4. The zero-order valence-corrected chi connectivity index (χ0v) is 12.5. The summed E-state index contributed by atoms with van der Waals surface area (Å²) in [6, 6.07) is 4.32. The van der Waals surface area contributed by atoms with Crippen molar-refractivity contribution in [1.82, 2.24) is 9.88 Å². The molecule has 1 atom stereocenters. The molecule has 1 aliphatic heterocycles. The SMILES string of the molecule is CC(C)c1ccc(N2CCO[C@H](CN(C)C)C2)cn1. The Balaban J connectivity index is 2.00. The summed E-state index contributed by atoms with van der Waals surface area (Å²) in [4.78, 5) is 9.09. The minimum Gasteiger partial charge on any atom is -0.373 e. The number of pyridine rings is 1. The quantitative estimate of drug-likeness (QED) is 0.830. The maximum atomic E-state index is 5.80. The van der Waals surface area contributed by atoms with E-state index in [0.29, 0.717) is 5.92 Å². The van der Waals surface area contributed by atoms with E-state index < -0.39 is 0 Å². The normalized spacial score (nSPS) is 20.3. The maximum absolute atomic E-state index is 5.80. The van der Waals surface area contributed by atoms with Crippen molar-refractivity contribution in [3.63, 3.8) is 0 Å². The lowest BCUT2D eigenvalue weighted by atomic mass is 10.1. The van der Waals surface area contributed by atoms with Crippen LogP contribution in [0.25, 0.3) is 0 Å². The molecule has 4 nitrogen and oxygen atoms in total. The van der Waals surface area contributed by atoms with Gasteiger partial charge in [0.15, 0.2) is 0 Å². The molecule has 2 heterocycles. The van der Waals surface area contributed by atoms with E-state index >= 15 is 0 Å². The Labute approximate surface area is 116 Å². The van der Waals surface area contributed by atoms with Gasteiger partial charge in [-0.3, -0.25) is 4.98 Å². The highest BCUT2D eigenvalue weighted by Crippen LogP contribution is 2.19. The van der Waals surface area contributed by atoms with Crippen LogP contribution < -0.4 is 4.90 Å². The van der Waals surface area contributed by atoms with Crippen LogP contribution in [0.1, 0.15) is 25.5 Å². The van der Waals surface area contributed by atoms with Crippen molar-refractivity contribution in [2.24, 2.45) is 0 Å². The molecule has 1 saturated heterocycles. The molecular weight excluding hydrogens is 238 g/mol. The molecule has 0 aliphatic carbocycles. The largest absolute Gasteiger partial charge is 0.373 e. The average Bonchev–Trinajstić information content (AvgIpc) is 2.38. The molecule has 0 radical (unpaired) electrons. The second-order valence-electron chi connectivity index (χ2n) is 5.80. The molecule has 1 aliphatic rings. The zero-order chi connectivity index (χ0) is 13.8. The Kier molecular flexibility index (Phi) is 4.77. The Morgan fingerprint density at radius 1 is 1.42 bits per heavy atom. The summed E-state index contributed by atoms with van der Waals surface area (Å²) in [5.74, 6) is 0.486. The summed E-state index contributed by atoms with van der Waals surface area (Å²) >= 11 is 0. The molecule has 0 aromatic carbocycles. The molecule has 1 fully saturated rings. The first kappa shape index (κ1) is 14.3. The molecular formula is C15H25N3O. The third-order valence-electron chi connectivity index (χ3n) is 3.43. The monoisotopic (exact) mass is 263 g/mol. The number of nitrogens with zero attached hydrogens (tertiary/aromatic N) is 3. The Bertz CT molecular complexity index is 389. The minimum atomic E-state index is 0.286. The van der Waals surface area contributed by atoms with Crippen LogP contribution >= 0.6 is 0 Å². The van der Waals surface area contributed by atoms with Gasteiger partial charge >= 0.3 is 0 Å². The van der Waals surface area contributed by atoms with Crippen molar-refractivity contribution in [2.75, 3.05) is 45.2 Å². The lowest BCUT2D eigenvalue weighted by Crippen LogP contribution is -2.46. The number of morpholine rings is 1. The molecule has 1 aromatic heterocycles. The van der Waals surface area contributed by atoms with Gasteiger partial charge in [-0.1, -0.05) is 13.8 Å². The van der Waals surface area contributed by atoms with Crippen LogP contribution in [0.15, 0.2) is 18.3 Å². The molecule has 0 amide bonds. The zero-order valence-electron chi connectivity index (χ0n) is 12.5. The topological polar surface area (TPSA) is 28.6 Å². The number of ether oxygens (including phenoxy) is 1. The van der Waals surface area contributed by atoms with Crippen LogP contribution in [0.2, 0.25) is 0 Å². The molecule has 0 N–H and O–H groups in total. The van der Waals surface area contributed by atoms with Gasteiger partial charge in [0.1, 0.15) is 0 Å². The molecule has 2 rings (SSSR count). The van der Waals surface area contributed by atoms with E-state index in [1.807, 2.05) is 6.20 Å². The van der Waals surface area contributed by atoms with Gasteiger partial charge in [-0.25, -0.2) is 0 Å². The molecule has 0 bridgehead atoms. The third kappa shape index (κ3) is 3.91. The van der Waals surface area contributed by atoms with Crippen LogP contribution in [0, 0.1) is 0 Å². The molecule has 0 unspecified atom stereocenters. The van der Waals surface area contributed by atoms with Crippen molar-refractivity contribution < 1.29 is 4.74 Å². The van der Waals surface area contributed by atoms with E-state index in [-0.39, 0.29) is 6.10 Å². The molecule has 106 valence electrons.